The fourth-order valence-electron chi connectivity index (χ4n) is 7.32. The molecule has 1 unspecified atom stereocenters. The second-order valence-corrected chi connectivity index (χ2v) is 14.9. The minimum Gasteiger partial charge on any atom is -0.465 e. The van der Waals surface area contributed by atoms with Crippen molar-refractivity contribution in [3.8, 4) is 28.5 Å². The molecule has 0 amide bonds. The molecule has 0 spiro atoms. The van der Waals surface area contributed by atoms with E-state index in [4.69, 9.17) is 54.0 Å². The van der Waals surface area contributed by atoms with E-state index in [1.807, 2.05) is 55.5 Å². The summed E-state index contributed by atoms with van der Waals surface area (Å²) in [4.78, 5) is 53.3. The quantitative estimate of drug-likeness (QED) is 0.0319. The number of imidazole rings is 1. The van der Waals surface area contributed by atoms with Crippen molar-refractivity contribution in [2.24, 2.45) is 0 Å². The van der Waals surface area contributed by atoms with Gasteiger partial charge in [-0.1, -0.05) is 54.6 Å². The van der Waals surface area contributed by atoms with E-state index in [-0.39, 0.29) is 50.6 Å². The van der Waals surface area contributed by atoms with Gasteiger partial charge in [0.05, 0.1) is 53.7 Å². The molecule has 2 saturated heterocycles. The number of nitrogens with one attached hydrogen (secondary N) is 1. The van der Waals surface area contributed by atoms with Gasteiger partial charge in [0.25, 0.3) is 11.8 Å². The van der Waals surface area contributed by atoms with Crippen LogP contribution in [0.5, 0.6) is 6.01 Å². The molecule has 2 aromatic heterocycles. The van der Waals surface area contributed by atoms with Crippen LogP contribution < -0.4 is 4.74 Å². The number of aromatic amines is 1. The number of rotatable bonds is 20. The zero-order valence-corrected chi connectivity index (χ0v) is 34.7. The van der Waals surface area contributed by atoms with Gasteiger partial charge in [-0.3, -0.25) is 30.2 Å². The van der Waals surface area contributed by atoms with Crippen LogP contribution in [0.2, 0.25) is 0 Å². The number of H-pyrrole nitrogens is 1. The lowest BCUT2D eigenvalue weighted by Crippen LogP contribution is -2.39. The lowest BCUT2D eigenvalue weighted by Gasteiger charge is -2.26. The van der Waals surface area contributed by atoms with Crippen LogP contribution in [0.4, 0.5) is 4.79 Å². The van der Waals surface area contributed by atoms with Crippen molar-refractivity contribution in [3.05, 3.63) is 77.9 Å². The maximum atomic E-state index is 13.9. The monoisotopic (exact) mass is 894 g/mol. The molecule has 0 radical (unpaired) electrons. The molecule has 5 aromatic rings. The molecule has 342 valence electrons. The third kappa shape index (κ3) is 11.3. The van der Waals surface area contributed by atoms with Crippen LogP contribution in [0, 0.1) is 0 Å². The van der Waals surface area contributed by atoms with Crippen LogP contribution in [-0.4, -0.2) is 143 Å². The standard InChI is InChI=1S/C40H46N8O16/c1-4-56-38-41-29-13-8-12-28(33(29)46(38)19-23-15-17-24(18-16-23)26-10-5-6-11-27(26)36-42-44-45-43-36)37(50)62-40(2,3)63-39(51)61-31-22-58-34-30(21-57-35(31)34)60-32(49)14-7-9-25(64-48(54)55)20-59-47(52)53/h5-6,8,10-13,15-18,25,30-31,34-35,52-55H,4,7,9,14,19-22H2,1-3H3,(H,42,43,44,45)/t25?,30-,31-,34-,35-/m1/s1. The summed E-state index contributed by atoms with van der Waals surface area (Å²) in [6.07, 6.45) is -5.56. The molecule has 2 aliphatic heterocycles. The zero-order valence-electron chi connectivity index (χ0n) is 34.7. The first-order chi connectivity index (χ1) is 30.8. The molecule has 24 nitrogen and oxygen atoms in total. The van der Waals surface area contributed by atoms with E-state index in [2.05, 4.69) is 35.3 Å². The molecule has 5 atom stereocenters. The van der Waals surface area contributed by atoms with E-state index < -0.39 is 71.8 Å². The smallest absolute Gasteiger partial charge is 0.465 e. The van der Waals surface area contributed by atoms with Crippen LogP contribution in [-0.2, 0) is 49.4 Å². The average molecular weight is 895 g/mol. The second kappa shape index (κ2) is 20.5. The first-order valence-electron chi connectivity index (χ1n) is 20.0. The highest BCUT2D eigenvalue weighted by Gasteiger charge is 2.51. The Hall–Kier alpha value is -6.19. The Labute approximate surface area is 363 Å². The minimum atomic E-state index is -1.82. The van der Waals surface area contributed by atoms with Gasteiger partial charge < -0.3 is 33.2 Å². The lowest BCUT2D eigenvalue weighted by molar-refractivity contribution is -0.527. The summed E-state index contributed by atoms with van der Waals surface area (Å²) in [5.74, 6) is -2.79. The highest BCUT2D eigenvalue weighted by Crippen LogP contribution is 2.34. The van der Waals surface area contributed by atoms with Crippen LogP contribution in [0.3, 0.4) is 0 Å². The summed E-state index contributed by atoms with van der Waals surface area (Å²) in [6.45, 7) is 4.53. The SMILES string of the molecule is CCOc1nc2cccc(C(=O)OC(C)(C)OC(=O)O[C@@H]3CO[C@H]4[C@@H]3OC[C@H]4OC(=O)CCCC(CON(O)O)ON(O)O)c2n1Cc1ccc(-c2ccccc2-c2nn[nH]n2)cc1. The van der Waals surface area contributed by atoms with Crippen LogP contribution in [0.25, 0.3) is 33.5 Å². The number of hydrogen-bond acceptors (Lipinski definition) is 22. The van der Waals surface area contributed by atoms with Gasteiger partial charge in [-0.15, -0.1) is 10.2 Å². The van der Waals surface area contributed by atoms with Crippen molar-refractivity contribution < 1.29 is 78.0 Å². The number of benzene rings is 3. The molecule has 0 aliphatic carbocycles. The maximum Gasteiger partial charge on any atom is 0.512 e. The summed E-state index contributed by atoms with van der Waals surface area (Å²) < 4.78 is 41.4. The van der Waals surface area contributed by atoms with Gasteiger partial charge in [0.1, 0.15) is 24.9 Å². The lowest BCUT2D eigenvalue weighted by atomic mass is 9.98. The molecule has 0 bridgehead atoms. The molecule has 5 N–H and O–H groups in total. The van der Waals surface area contributed by atoms with Crippen molar-refractivity contribution in [3.63, 3.8) is 0 Å². The molecule has 2 fully saturated rings. The number of aromatic nitrogens is 6. The van der Waals surface area contributed by atoms with Crippen molar-refractivity contribution in [1.82, 2.24) is 41.0 Å². The largest absolute Gasteiger partial charge is 0.512 e. The number of tetrazole rings is 1. The summed E-state index contributed by atoms with van der Waals surface area (Å²) in [6, 6.07) is 20.9. The van der Waals surface area contributed by atoms with Gasteiger partial charge in [-0.2, -0.15) is 10.2 Å². The Morgan fingerprint density at radius 2 is 1.62 bits per heavy atom. The number of carbonyl (C=O) groups excluding carboxylic acids is 3. The summed E-state index contributed by atoms with van der Waals surface area (Å²) in [5, 5.41) is 48.6. The molecule has 0 saturated carbocycles. The molecule has 3 aromatic carbocycles. The van der Waals surface area contributed by atoms with Crippen LogP contribution >= 0.6 is 0 Å². The Morgan fingerprint density at radius 3 is 2.30 bits per heavy atom. The molecule has 4 heterocycles. The summed E-state index contributed by atoms with van der Waals surface area (Å²) >= 11 is 0. The fourth-order valence-corrected chi connectivity index (χ4v) is 7.32. The van der Waals surface area contributed by atoms with Gasteiger partial charge >= 0.3 is 18.1 Å². The van der Waals surface area contributed by atoms with Crippen molar-refractivity contribution in [2.75, 3.05) is 26.4 Å². The number of nitrogens with zero attached hydrogens (tertiary/aromatic N) is 7. The molecular weight excluding hydrogens is 848 g/mol. The van der Waals surface area contributed by atoms with Crippen molar-refractivity contribution in [2.45, 2.75) is 82.9 Å². The van der Waals surface area contributed by atoms with Gasteiger partial charge in [0.15, 0.2) is 12.2 Å². The van der Waals surface area contributed by atoms with Gasteiger partial charge in [-0.25, -0.2) is 19.3 Å². The third-order valence-electron chi connectivity index (χ3n) is 10.0. The molecule has 24 heteroatoms. The summed E-state index contributed by atoms with van der Waals surface area (Å²) in [7, 11) is 0. The van der Waals surface area contributed by atoms with E-state index in [1.165, 1.54) is 13.8 Å². The highest BCUT2D eigenvalue weighted by molar-refractivity contribution is 6.02. The Morgan fingerprint density at radius 1 is 0.906 bits per heavy atom. The first kappa shape index (κ1) is 45.8. The van der Waals surface area contributed by atoms with E-state index in [0.717, 1.165) is 22.3 Å². The number of ether oxygens (including phenoxy) is 7. The molecule has 64 heavy (non-hydrogen) atoms. The number of para-hydroxylation sites is 1. The molecular formula is C40H46N8O16. The Kier molecular flexibility index (Phi) is 14.7. The number of hydrogen-bond donors (Lipinski definition) is 5. The van der Waals surface area contributed by atoms with E-state index in [9.17, 15) is 14.4 Å². The summed E-state index contributed by atoms with van der Waals surface area (Å²) in [5.41, 5.74) is 4.60. The molecule has 2 aliphatic rings. The topological polar surface area (TPSA) is 294 Å². The zero-order chi connectivity index (χ0) is 45.4. The minimum absolute atomic E-state index is 0.0287. The van der Waals surface area contributed by atoms with Crippen molar-refractivity contribution >= 4 is 29.1 Å². The van der Waals surface area contributed by atoms with Gasteiger partial charge in [-0.05, 0) is 53.8 Å². The van der Waals surface area contributed by atoms with Gasteiger partial charge in [0, 0.05) is 25.8 Å². The van der Waals surface area contributed by atoms with Crippen LogP contribution in [0.1, 0.15) is 56.0 Å². The Bertz CT molecular complexity index is 2360. The Balaban J connectivity index is 0.948. The maximum absolute atomic E-state index is 13.9. The predicted molar refractivity (Wildman–Crippen MR) is 211 cm³/mol. The van der Waals surface area contributed by atoms with E-state index >= 15 is 0 Å². The van der Waals surface area contributed by atoms with E-state index in [1.54, 1.807) is 22.8 Å². The van der Waals surface area contributed by atoms with E-state index in [0.29, 0.717) is 23.5 Å². The number of carbonyl (C=O) groups is 3. The number of fused-ring (bicyclic) bond motifs is 2. The second-order valence-electron chi connectivity index (χ2n) is 14.9. The van der Waals surface area contributed by atoms with Crippen molar-refractivity contribution in [1.29, 1.82) is 0 Å². The molecule has 7 rings (SSSR count). The number of esters is 2. The average Bonchev–Trinajstić information content (AvgIpc) is 4.07. The third-order valence-corrected chi connectivity index (χ3v) is 10.0. The fraction of sp³-hybridized carbons (Fsp3) is 0.425. The predicted octanol–water partition coefficient (Wildman–Crippen LogP) is 4.02. The van der Waals surface area contributed by atoms with Crippen LogP contribution in [0.15, 0.2) is 66.7 Å². The first-order valence-corrected chi connectivity index (χ1v) is 20.0. The highest BCUT2D eigenvalue weighted by atomic mass is 17.1. The normalized spacial score (nSPS) is 18.9. The van der Waals surface area contributed by atoms with Gasteiger partial charge in [0.2, 0.25) is 5.82 Å².